The molecule has 2 aromatic carbocycles. The molecule has 1 amide bonds. The summed E-state index contributed by atoms with van der Waals surface area (Å²) in [6, 6.07) is 11.4. The minimum atomic E-state index is -0.217. The van der Waals surface area contributed by atoms with Crippen LogP contribution >= 0.6 is 11.6 Å². The summed E-state index contributed by atoms with van der Waals surface area (Å²) < 4.78 is 10.5. The quantitative estimate of drug-likeness (QED) is 0.936. The zero-order valence-corrected chi connectivity index (χ0v) is 13.1. The lowest BCUT2D eigenvalue weighted by Gasteiger charge is -2.14. The molecule has 1 N–H and O–H groups in total. The minimum absolute atomic E-state index is 0.00658. The monoisotopic (exact) mass is 317 g/mol. The zero-order valence-electron chi connectivity index (χ0n) is 12.4. The summed E-state index contributed by atoms with van der Waals surface area (Å²) in [6.45, 7) is 0. The standard InChI is InChI=1S/C17H16ClNO3/c1-21-15-9-10(8-13(18)16(15)22-2)7-12-11-5-3-4-6-14(11)19-17(12)20/h3-6,8-9,12H,7H2,1-2H3,(H,19,20)/t12-/m0/s1. The second-order valence-electron chi connectivity index (χ2n) is 5.15. The third kappa shape index (κ3) is 2.50. The number of hydrogen-bond acceptors (Lipinski definition) is 3. The van der Waals surface area contributed by atoms with Crippen molar-refractivity contribution in [3.8, 4) is 11.5 Å². The fraction of sp³-hybridized carbons (Fsp3) is 0.235. The molecule has 1 heterocycles. The number of methoxy groups -OCH3 is 2. The Bertz CT molecular complexity index is 730. The van der Waals surface area contributed by atoms with E-state index in [0.717, 1.165) is 16.8 Å². The Hall–Kier alpha value is -2.20. The largest absolute Gasteiger partial charge is 0.493 e. The first-order valence-electron chi connectivity index (χ1n) is 6.94. The van der Waals surface area contributed by atoms with Gasteiger partial charge in [-0.3, -0.25) is 4.79 Å². The minimum Gasteiger partial charge on any atom is -0.493 e. The maximum Gasteiger partial charge on any atom is 0.232 e. The van der Waals surface area contributed by atoms with E-state index in [0.29, 0.717) is 22.9 Å². The van der Waals surface area contributed by atoms with Crippen molar-refractivity contribution >= 4 is 23.2 Å². The zero-order chi connectivity index (χ0) is 15.7. The van der Waals surface area contributed by atoms with E-state index < -0.39 is 0 Å². The average molecular weight is 318 g/mol. The number of rotatable bonds is 4. The summed E-state index contributed by atoms with van der Waals surface area (Å²) in [5.41, 5.74) is 2.82. The summed E-state index contributed by atoms with van der Waals surface area (Å²) in [6.07, 6.45) is 0.558. The first-order valence-corrected chi connectivity index (χ1v) is 7.32. The lowest BCUT2D eigenvalue weighted by molar-refractivity contribution is -0.117. The Kier molecular flexibility index (Phi) is 3.94. The van der Waals surface area contributed by atoms with Crippen molar-refractivity contribution in [3.63, 3.8) is 0 Å². The van der Waals surface area contributed by atoms with Gasteiger partial charge in [0.25, 0.3) is 0 Å². The van der Waals surface area contributed by atoms with E-state index >= 15 is 0 Å². The molecule has 5 heteroatoms. The highest BCUT2D eigenvalue weighted by molar-refractivity contribution is 6.32. The average Bonchev–Trinajstić information content (AvgIpc) is 2.83. The van der Waals surface area contributed by atoms with Crippen molar-refractivity contribution in [1.82, 2.24) is 0 Å². The van der Waals surface area contributed by atoms with E-state index in [4.69, 9.17) is 21.1 Å². The fourth-order valence-corrected chi connectivity index (χ4v) is 3.11. The third-order valence-electron chi connectivity index (χ3n) is 3.84. The Morgan fingerprint density at radius 3 is 2.68 bits per heavy atom. The van der Waals surface area contributed by atoms with E-state index in [1.54, 1.807) is 14.2 Å². The number of nitrogens with one attached hydrogen (secondary N) is 1. The number of halogens is 1. The molecule has 0 aromatic heterocycles. The normalized spacial score (nSPS) is 16.1. The van der Waals surface area contributed by atoms with Gasteiger partial charge in [0.05, 0.1) is 25.2 Å². The summed E-state index contributed by atoms with van der Waals surface area (Å²) in [7, 11) is 3.11. The number of amides is 1. The fourth-order valence-electron chi connectivity index (χ4n) is 2.80. The van der Waals surface area contributed by atoms with Gasteiger partial charge in [-0.15, -0.1) is 0 Å². The van der Waals surface area contributed by atoms with Crippen molar-refractivity contribution in [2.24, 2.45) is 0 Å². The molecule has 0 unspecified atom stereocenters. The van der Waals surface area contributed by atoms with Gasteiger partial charge < -0.3 is 14.8 Å². The number of carbonyl (C=O) groups is 1. The number of ether oxygens (including phenoxy) is 2. The number of benzene rings is 2. The van der Waals surface area contributed by atoms with Crippen LogP contribution < -0.4 is 14.8 Å². The van der Waals surface area contributed by atoms with Crippen LogP contribution in [-0.4, -0.2) is 20.1 Å². The van der Waals surface area contributed by atoms with E-state index in [-0.39, 0.29) is 11.8 Å². The molecule has 0 bridgehead atoms. The van der Waals surface area contributed by atoms with Crippen molar-refractivity contribution in [2.75, 3.05) is 19.5 Å². The molecule has 0 aliphatic carbocycles. The number of fused-ring (bicyclic) bond motifs is 1. The predicted octanol–water partition coefficient (Wildman–Crippen LogP) is 3.64. The van der Waals surface area contributed by atoms with Gasteiger partial charge in [0, 0.05) is 5.69 Å². The van der Waals surface area contributed by atoms with E-state index in [1.165, 1.54) is 0 Å². The Labute approximate surface area is 134 Å². The van der Waals surface area contributed by atoms with Crippen molar-refractivity contribution in [1.29, 1.82) is 0 Å². The van der Waals surface area contributed by atoms with Crippen LogP contribution in [0.2, 0.25) is 5.02 Å². The molecular weight excluding hydrogens is 302 g/mol. The van der Waals surface area contributed by atoms with Gasteiger partial charge in [0.2, 0.25) is 5.91 Å². The first-order chi connectivity index (χ1) is 10.6. The molecular formula is C17H16ClNO3. The molecule has 1 aliphatic rings. The van der Waals surface area contributed by atoms with Crippen LogP contribution in [0.25, 0.3) is 0 Å². The van der Waals surface area contributed by atoms with Crippen LogP contribution in [-0.2, 0) is 11.2 Å². The topological polar surface area (TPSA) is 47.6 Å². The first kappa shape index (κ1) is 14.7. The third-order valence-corrected chi connectivity index (χ3v) is 4.12. The SMILES string of the molecule is COc1cc(C[C@@H]2C(=O)Nc3ccccc32)cc(Cl)c1OC. The van der Waals surface area contributed by atoms with E-state index in [1.807, 2.05) is 36.4 Å². The molecule has 2 aromatic rings. The lowest BCUT2D eigenvalue weighted by Crippen LogP contribution is -2.14. The number of hydrogen-bond donors (Lipinski definition) is 1. The highest BCUT2D eigenvalue weighted by Gasteiger charge is 2.30. The van der Waals surface area contributed by atoms with Crippen LogP contribution in [0.5, 0.6) is 11.5 Å². The molecule has 0 saturated carbocycles. The predicted molar refractivity (Wildman–Crippen MR) is 86.1 cm³/mol. The van der Waals surface area contributed by atoms with Gasteiger partial charge in [-0.25, -0.2) is 0 Å². The van der Waals surface area contributed by atoms with Crippen molar-refractivity contribution < 1.29 is 14.3 Å². The Balaban J connectivity index is 1.94. The number of para-hydroxylation sites is 1. The molecule has 1 atom stereocenters. The molecule has 22 heavy (non-hydrogen) atoms. The molecule has 114 valence electrons. The molecule has 0 spiro atoms. The molecule has 4 nitrogen and oxygen atoms in total. The van der Waals surface area contributed by atoms with Crippen LogP contribution in [0, 0.1) is 0 Å². The summed E-state index contributed by atoms with van der Waals surface area (Å²) >= 11 is 6.23. The van der Waals surface area contributed by atoms with Crippen LogP contribution in [0.1, 0.15) is 17.0 Å². The van der Waals surface area contributed by atoms with Crippen LogP contribution in [0.4, 0.5) is 5.69 Å². The van der Waals surface area contributed by atoms with Gasteiger partial charge in [0.1, 0.15) is 0 Å². The maximum atomic E-state index is 12.2. The Morgan fingerprint density at radius 1 is 1.18 bits per heavy atom. The Morgan fingerprint density at radius 2 is 1.95 bits per heavy atom. The van der Waals surface area contributed by atoms with Gasteiger partial charge in [-0.2, -0.15) is 0 Å². The summed E-state index contributed by atoms with van der Waals surface area (Å²) in [5.74, 6) is 0.860. The number of anilines is 1. The smallest absolute Gasteiger partial charge is 0.232 e. The maximum absolute atomic E-state index is 12.2. The molecule has 0 fully saturated rings. The van der Waals surface area contributed by atoms with Crippen LogP contribution in [0.3, 0.4) is 0 Å². The second-order valence-corrected chi connectivity index (χ2v) is 5.55. The lowest BCUT2D eigenvalue weighted by atomic mass is 9.93. The van der Waals surface area contributed by atoms with Gasteiger partial charge in [-0.05, 0) is 35.7 Å². The highest BCUT2D eigenvalue weighted by Crippen LogP contribution is 2.39. The van der Waals surface area contributed by atoms with Crippen molar-refractivity contribution in [3.05, 3.63) is 52.5 Å². The molecule has 0 radical (unpaired) electrons. The summed E-state index contributed by atoms with van der Waals surface area (Å²) in [5, 5.41) is 3.38. The second kappa shape index (κ2) is 5.89. The number of carbonyl (C=O) groups excluding carboxylic acids is 1. The van der Waals surface area contributed by atoms with Crippen molar-refractivity contribution in [2.45, 2.75) is 12.3 Å². The molecule has 3 rings (SSSR count). The molecule has 1 aliphatic heterocycles. The van der Waals surface area contributed by atoms with Gasteiger partial charge >= 0.3 is 0 Å². The highest BCUT2D eigenvalue weighted by atomic mass is 35.5. The molecule has 0 saturated heterocycles. The summed E-state index contributed by atoms with van der Waals surface area (Å²) in [4.78, 5) is 12.2. The van der Waals surface area contributed by atoms with Gasteiger partial charge in [0.15, 0.2) is 11.5 Å². The van der Waals surface area contributed by atoms with Crippen LogP contribution in [0.15, 0.2) is 36.4 Å². The van der Waals surface area contributed by atoms with Gasteiger partial charge in [-0.1, -0.05) is 29.8 Å². The van der Waals surface area contributed by atoms with E-state index in [9.17, 15) is 4.79 Å². The van der Waals surface area contributed by atoms with E-state index in [2.05, 4.69) is 5.32 Å².